The van der Waals surface area contributed by atoms with E-state index in [0.29, 0.717) is 16.9 Å². The van der Waals surface area contributed by atoms with Gasteiger partial charge in [-0.15, -0.1) is 0 Å². The molecule has 0 fully saturated rings. The number of benzene rings is 2. The van der Waals surface area contributed by atoms with Gasteiger partial charge < -0.3 is 10.1 Å². The minimum atomic E-state index is -0.456. The van der Waals surface area contributed by atoms with Crippen molar-refractivity contribution in [2.24, 2.45) is 0 Å². The minimum Gasteiger partial charge on any atom is -0.465 e. The van der Waals surface area contributed by atoms with Crippen LogP contribution in [0.2, 0.25) is 0 Å². The number of rotatable bonds is 5. The summed E-state index contributed by atoms with van der Waals surface area (Å²) >= 11 is 0. The summed E-state index contributed by atoms with van der Waals surface area (Å²) in [4.78, 5) is 36.1. The predicted octanol–water partition coefficient (Wildman–Crippen LogP) is 3.26. The Bertz CT molecular complexity index is 1160. The van der Waals surface area contributed by atoms with E-state index in [4.69, 9.17) is 0 Å². The summed E-state index contributed by atoms with van der Waals surface area (Å²) in [7, 11) is 1.30. The van der Waals surface area contributed by atoms with Gasteiger partial charge in [0.2, 0.25) is 5.91 Å². The molecule has 0 atom stereocenters. The molecule has 3 rings (SSSR count). The number of esters is 1. The molecule has 1 aromatic heterocycles. The van der Waals surface area contributed by atoms with E-state index in [0.717, 1.165) is 21.4 Å². The Morgan fingerprint density at radius 1 is 0.967 bits per heavy atom. The number of anilines is 1. The number of carbonyl (C=O) groups excluding carboxylic acids is 2. The van der Waals surface area contributed by atoms with Crippen LogP contribution in [0.25, 0.3) is 11.3 Å². The average molecular weight is 405 g/mol. The second-order valence-corrected chi connectivity index (χ2v) is 7.08. The number of amides is 1. The first-order chi connectivity index (χ1) is 14.3. The first-order valence-corrected chi connectivity index (χ1v) is 9.43. The maximum absolute atomic E-state index is 12.4. The normalized spacial score (nSPS) is 10.5. The molecule has 30 heavy (non-hydrogen) atoms. The first kappa shape index (κ1) is 21.0. The van der Waals surface area contributed by atoms with Crippen molar-refractivity contribution in [2.45, 2.75) is 27.3 Å². The summed E-state index contributed by atoms with van der Waals surface area (Å²) in [5.41, 5.74) is 5.43. The van der Waals surface area contributed by atoms with Crippen LogP contribution in [0.5, 0.6) is 0 Å². The topological polar surface area (TPSA) is 90.3 Å². The fraction of sp³-hybridized carbons (Fsp3) is 0.217. The van der Waals surface area contributed by atoms with E-state index >= 15 is 0 Å². The zero-order valence-electron chi connectivity index (χ0n) is 17.4. The average Bonchev–Trinajstić information content (AvgIpc) is 2.72. The smallest absolute Gasteiger partial charge is 0.337 e. The van der Waals surface area contributed by atoms with Crippen LogP contribution in [0, 0.1) is 20.8 Å². The molecular weight excluding hydrogens is 382 g/mol. The molecule has 3 aromatic rings. The molecule has 0 unspecified atom stereocenters. The van der Waals surface area contributed by atoms with Crippen LogP contribution in [-0.4, -0.2) is 28.8 Å². The molecule has 1 heterocycles. The van der Waals surface area contributed by atoms with Crippen molar-refractivity contribution < 1.29 is 14.3 Å². The van der Waals surface area contributed by atoms with Gasteiger partial charge in [0.1, 0.15) is 6.54 Å². The molecule has 1 N–H and O–H groups in total. The Hall–Kier alpha value is -3.74. The number of nitrogens with zero attached hydrogens (tertiary/aromatic N) is 2. The van der Waals surface area contributed by atoms with Crippen LogP contribution < -0.4 is 10.9 Å². The fourth-order valence-electron chi connectivity index (χ4n) is 3.09. The van der Waals surface area contributed by atoms with Gasteiger partial charge in [0.25, 0.3) is 5.56 Å². The van der Waals surface area contributed by atoms with Gasteiger partial charge in [-0.3, -0.25) is 9.59 Å². The molecule has 0 spiro atoms. The Balaban J connectivity index is 1.79. The predicted molar refractivity (Wildman–Crippen MR) is 115 cm³/mol. The van der Waals surface area contributed by atoms with E-state index in [-0.39, 0.29) is 12.1 Å². The van der Waals surface area contributed by atoms with Crippen LogP contribution >= 0.6 is 0 Å². The van der Waals surface area contributed by atoms with Crippen molar-refractivity contribution in [3.8, 4) is 11.3 Å². The molecule has 0 saturated heterocycles. The molecule has 7 nitrogen and oxygen atoms in total. The van der Waals surface area contributed by atoms with Crippen LogP contribution in [0.15, 0.2) is 53.3 Å². The summed E-state index contributed by atoms with van der Waals surface area (Å²) in [6.07, 6.45) is 0. The molecule has 7 heteroatoms. The Morgan fingerprint density at radius 3 is 2.30 bits per heavy atom. The number of aryl methyl sites for hydroxylation is 3. The maximum Gasteiger partial charge on any atom is 0.337 e. The van der Waals surface area contributed by atoms with E-state index in [9.17, 15) is 14.4 Å². The molecule has 0 aliphatic carbocycles. The number of hydrogen-bond donors (Lipinski definition) is 1. The molecule has 154 valence electrons. The zero-order chi connectivity index (χ0) is 21.8. The van der Waals surface area contributed by atoms with Crippen molar-refractivity contribution in [3.05, 3.63) is 81.1 Å². The third-order valence-corrected chi connectivity index (χ3v) is 4.87. The highest BCUT2D eigenvalue weighted by molar-refractivity contribution is 5.92. The van der Waals surface area contributed by atoms with Crippen LogP contribution in [0.3, 0.4) is 0 Å². The maximum atomic E-state index is 12.4. The second kappa shape index (κ2) is 8.73. The number of ether oxygens (including phenoxy) is 1. The van der Waals surface area contributed by atoms with Crippen molar-refractivity contribution in [3.63, 3.8) is 0 Å². The van der Waals surface area contributed by atoms with Crippen LogP contribution in [0.1, 0.15) is 27.0 Å². The number of methoxy groups -OCH3 is 1. The van der Waals surface area contributed by atoms with Gasteiger partial charge in [0.05, 0.1) is 18.4 Å². The van der Waals surface area contributed by atoms with E-state index in [1.807, 2.05) is 26.8 Å². The van der Waals surface area contributed by atoms with Crippen molar-refractivity contribution in [1.82, 2.24) is 9.78 Å². The molecular formula is C23H23N3O4. The lowest BCUT2D eigenvalue weighted by Gasteiger charge is -2.12. The van der Waals surface area contributed by atoms with Gasteiger partial charge in [0.15, 0.2) is 0 Å². The molecule has 0 bridgehead atoms. The Morgan fingerprint density at radius 2 is 1.63 bits per heavy atom. The third kappa shape index (κ3) is 4.63. The summed E-state index contributed by atoms with van der Waals surface area (Å²) in [5.74, 6) is -0.855. The van der Waals surface area contributed by atoms with Gasteiger partial charge in [0, 0.05) is 17.3 Å². The van der Waals surface area contributed by atoms with Gasteiger partial charge in [-0.25, -0.2) is 9.48 Å². The highest BCUT2D eigenvalue weighted by Crippen LogP contribution is 2.24. The lowest BCUT2D eigenvalue weighted by atomic mass is 9.99. The van der Waals surface area contributed by atoms with Gasteiger partial charge in [-0.05, 0) is 73.9 Å². The zero-order valence-corrected chi connectivity index (χ0v) is 17.4. The lowest BCUT2D eigenvalue weighted by molar-refractivity contribution is -0.117. The Kier molecular flexibility index (Phi) is 6.11. The summed E-state index contributed by atoms with van der Waals surface area (Å²) in [6, 6.07) is 13.5. The fourth-order valence-corrected chi connectivity index (χ4v) is 3.09. The van der Waals surface area contributed by atoms with Gasteiger partial charge >= 0.3 is 5.97 Å². The van der Waals surface area contributed by atoms with E-state index < -0.39 is 11.9 Å². The highest BCUT2D eigenvalue weighted by atomic mass is 16.5. The Labute approximate surface area is 174 Å². The van der Waals surface area contributed by atoms with Crippen molar-refractivity contribution in [1.29, 1.82) is 0 Å². The summed E-state index contributed by atoms with van der Waals surface area (Å²) in [5, 5.41) is 7.08. The number of aromatic nitrogens is 2. The van der Waals surface area contributed by atoms with Crippen LogP contribution in [-0.2, 0) is 16.1 Å². The molecule has 2 aromatic carbocycles. The van der Waals surface area contributed by atoms with Crippen molar-refractivity contribution >= 4 is 17.6 Å². The van der Waals surface area contributed by atoms with Crippen LogP contribution in [0.4, 0.5) is 5.69 Å². The van der Waals surface area contributed by atoms with Crippen molar-refractivity contribution in [2.75, 3.05) is 12.4 Å². The largest absolute Gasteiger partial charge is 0.465 e. The van der Waals surface area contributed by atoms with E-state index in [1.165, 1.54) is 18.7 Å². The van der Waals surface area contributed by atoms with E-state index in [2.05, 4.69) is 21.2 Å². The molecule has 0 saturated carbocycles. The van der Waals surface area contributed by atoms with Gasteiger partial charge in [-0.2, -0.15) is 5.10 Å². The summed E-state index contributed by atoms with van der Waals surface area (Å²) in [6.45, 7) is 5.83. The quantitative estimate of drug-likeness (QED) is 0.658. The molecule has 0 radical (unpaired) electrons. The second-order valence-electron chi connectivity index (χ2n) is 7.08. The number of carbonyl (C=O) groups is 2. The monoisotopic (exact) mass is 405 g/mol. The summed E-state index contributed by atoms with van der Waals surface area (Å²) < 4.78 is 5.79. The number of hydrogen-bond acceptors (Lipinski definition) is 5. The first-order valence-electron chi connectivity index (χ1n) is 9.43. The van der Waals surface area contributed by atoms with Gasteiger partial charge in [-0.1, -0.05) is 6.07 Å². The third-order valence-electron chi connectivity index (χ3n) is 4.87. The van der Waals surface area contributed by atoms with E-state index in [1.54, 1.807) is 30.3 Å². The molecule has 1 amide bonds. The molecule has 0 aliphatic heterocycles. The highest BCUT2D eigenvalue weighted by Gasteiger charge is 2.11. The molecule has 0 aliphatic rings. The number of nitrogens with one attached hydrogen (secondary N) is 1. The SMILES string of the molecule is COC(=O)c1ccc(NC(=O)Cn2nc(-c3cc(C)c(C)cc3C)ccc2=O)cc1. The minimum absolute atomic E-state index is 0.227. The standard InChI is InChI=1S/C23H23N3O4/c1-14-11-16(3)19(12-15(14)2)20-9-10-22(28)26(25-20)13-21(27)24-18-7-5-17(6-8-18)23(29)30-4/h5-12H,13H2,1-4H3,(H,24,27). The lowest BCUT2D eigenvalue weighted by Crippen LogP contribution is -2.29.